The van der Waals surface area contributed by atoms with Crippen molar-refractivity contribution >= 4 is 16.9 Å². The number of aromatic nitrogens is 3. The normalized spacial score (nSPS) is 14.2. The van der Waals surface area contributed by atoms with Crippen LogP contribution in [0.2, 0.25) is 0 Å². The Kier molecular flexibility index (Phi) is 5.60. The summed E-state index contributed by atoms with van der Waals surface area (Å²) in [6.45, 7) is 3.01. The highest BCUT2D eigenvalue weighted by Gasteiger charge is 2.26. The van der Waals surface area contributed by atoms with Gasteiger partial charge in [0.25, 0.3) is 0 Å². The molecule has 8 heteroatoms. The third kappa shape index (κ3) is 3.87. The minimum atomic E-state index is 0.146. The van der Waals surface area contributed by atoms with Gasteiger partial charge in [-0.1, -0.05) is 12.1 Å². The maximum absolute atomic E-state index is 11.4. The number of methoxy groups -OCH3 is 2. The standard InChI is InChI=1S/C25H29N5O3/c1-32-17-13-16(14-18(15-17)33-2)30-21(9-12-29-10-5-6-11-29)23(31)22(24(30)26)25-27-19-7-3-4-8-20(19)28-25/h3-4,7-8,13-15,31H,5-6,9-12,26H2,1-2H3,(H,27,28). The summed E-state index contributed by atoms with van der Waals surface area (Å²) >= 11 is 0. The zero-order valence-electron chi connectivity index (χ0n) is 19.0. The molecule has 1 aliphatic rings. The van der Waals surface area contributed by atoms with Crippen LogP contribution in [0.1, 0.15) is 18.5 Å². The first kappa shape index (κ1) is 21.2. The third-order valence-electron chi connectivity index (χ3n) is 6.36. The SMILES string of the molecule is COc1cc(OC)cc(-n2c(N)c(-c3nc4ccccc4[nH]3)c(O)c2CCN2CCCC2)c1. The zero-order chi connectivity index (χ0) is 22.9. The van der Waals surface area contributed by atoms with E-state index in [0.29, 0.717) is 35.1 Å². The summed E-state index contributed by atoms with van der Waals surface area (Å²) in [6, 6.07) is 13.4. The maximum atomic E-state index is 11.4. The molecule has 0 bridgehead atoms. The molecular formula is C25H29N5O3. The van der Waals surface area contributed by atoms with Gasteiger partial charge < -0.3 is 30.2 Å². The van der Waals surface area contributed by atoms with Crippen LogP contribution in [0.4, 0.5) is 5.82 Å². The van der Waals surface area contributed by atoms with E-state index in [1.165, 1.54) is 12.8 Å². The minimum absolute atomic E-state index is 0.146. The highest BCUT2D eigenvalue weighted by molar-refractivity contribution is 5.86. The molecule has 1 fully saturated rings. The number of aromatic amines is 1. The molecule has 0 aliphatic carbocycles. The van der Waals surface area contributed by atoms with Crippen LogP contribution in [0.5, 0.6) is 17.2 Å². The third-order valence-corrected chi connectivity index (χ3v) is 6.36. The monoisotopic (exact) mass is 447 g/mol. The van der Waals surface area contributed by atoms with Gasteiger partial charge >= 0.3 is 0 Å². The van der Waals surface area contributed by atoms with Gasteiger partial charge in [0, 0.05) is 31.2 Å². The minimum Gasteiger partial charge on any atom is -0.505 e. The Balaban J connectivity index is 1.66. The number of nitrogens with zero attached hydrogens (tertiary/aromatic N) is 3. The average molecular weight is 448 g/mol. The Morgan fingerprint density at radius 2 is 1.76 bits per heavy atom. The lowest BCUT2D eigenvalue weighted by Crippen LogP contribution is -2.23. The largest absolute Gasteiger partial charge is 0.505 e. The number of H-pyrrole nitrogens is 1. The Bertz CT molecular complexity index is 1230. The van der Waals surface area contributed by atoms with E-state index in [0.717, 1.165) is 42.0 Å². The summed E-state index contributed by atoms with van der Waals surface area (Å²) in [4.78, 5) is 10.4. The van der Waals surface area contributed by atoms with E-state index in [1.807, 2.05) is 47.0 Å². The molecule has 2 aromatic heterocycles. The van der Waals surface area contributed by atoms with E-state index >= 15 is 0 Å². The highest BCUT2D eigenvalue weighted by atomic mass is 16.5. The van der Waals surface area contributed by atoms with E-state index in [9.17, 15) is 5.11 Å². The molecule has 0 radical (unpaired) electrons. The zero-order valence-corrected chi connectivity index (χ0v) is 19.0. The second-order valence-corrected chi connectivity index (χ2v) is 8.36. The average Bonchev–Trinajstić information content (AvgIpc) is 3.55. The molecule has 0 saturated carbocycles. The fourth-order valence-corrected chi connectivity index (χ4v) is 4.65. The molecule has 0 spiro atoms. The second kappa shape index (κ2) is 8.71. The predicted octanol–water partition coefficient (Wildman–Crippen LogP) is 3.96. The number of imidazole rings is 1. The van der Waals surface area contributed by atoms with Gasteiger partial charge in [0.05, 0.1) is 36.6 Å². The van der Waals surface area contributed by atoms with E-state index in [2.05, 4.69) is 14.9 Å². The first-order valence-electron chi connectivity index (χ1n) is 11.2. The summed E-state index contributed by atoms with van der Waals surface area (Å²) in [5.41, 5.74) is 10.4. The lowest BCUT2D eigenvalue weighted by molar-refractivity contribution is 0.339. The van der Waals surface area contributed by atoms with Crippen molar-refractivity contribution in [2.75, 3.05) is 39.6 Å². The second-order valence-electron chi connectivity index (χ2n) is 8.36. The van der Waals surface area contributed by atoms with Crippen molar-refractivity contribution < 1.29 is 14.6 Å². The molecule has 3 heterocycles. The van der Waals surface area contributed by atoms with Crippen molar-refractivity contribution in [3.8, 4) is 34.3 Å². The molecule has 5 rings (SSSR count). The molecule has 2 aromatic carbocycles. The molecule has 33 heavy (non-hydrogen) atoms. The van der Waals surface area contributed by atoms with Crippen LogP contribution in [0, 0.1) is 0 Å². The van der Waals surface area contributed by atoms with Crippen molar-refractivity contribution in [1.82, 2.24) is 19.4 Å². The van der Waals surface area contributed by atoms with Crippen LogP contribution in [-0.2, 0) is 6.42 Å². The smallest absolute Gasteiger partial charge is 0.150 e. The number of hydrogen-bond acceptors (Lipinski definition) is 6. The number of ether oxygens (including phenoxy) is 2. The summed E-state index contributed by atoms with van der Waals surface area (Å²) in [5, 5.41) is 11.4. The first-order chi connectivity index (χ1) is 16.1. The van der Waals surface area contributed by atoms with Gasteiger partial charge in [-0.2, -0.15) is 0 Å². The highest BCUT2D eigenvalue weighted by Crippen LogP contribution is 2.42. The van der Waals surface area contributed by atoms with Crippen molar-refractivity contribution in [3.05, 3.63) is 48.2 Å². The summed E-state index contributed by atoms with van der Waals surface area (Å²) in [7, 11) is 3.23. The Hall–Kier alpha value is -3.65. The number of para-hydroxylation sites is 2. The van der Waals surface area contributed by atoms with Crippen molar-refractivity contribution in [1.29, 1.82) is 0 Å². The molecule has 0 atom stereocenters. The van der Waals surface area contributed by atoms with Gasteiger partial charge in [0.1, 0.15) is 34.5 Å². The van der Waals surface area contributed by atoms with Gasteiger partial charge in [-0.25, -0.2) is 4.98 Å². The molecule has 4 aromatic rings. The molecule has 1 saturated heterocycles. The van der Waals surface area contributed by atoms with Crippen LogP contribution in [0.3, 0.4) is 0 Å². The van der Waals surface area contributed by atoms with Gasteiger partial charge in [-0.05, 0) is 38.1 Å². The Labute approximate surface area is 192 Å². The van der Waals surface area contributed by atoms with Crippen LogP contribution >= 0.6 is 0 Å². The lowest BCUT2D eigenvalue weighted by atomic mass is 10.2. The van der Waals surface area contributed by atoms with Crippen LogP contribution in [-0.4, -0.2) is 58.4 Å². The van der Waals surface area contributed by atoms with Gasteiger partial charge in [-0.15, -0.1) is 0 Å². The van der Waals surface area contributed by atoms with Crippen molar-refractivity contribution in [2.24, 2.45) is 0 Å². The first-order valence-corrected chi connectivity index (χ1v) is 11.2. The maximum Gasteiger partial charge on any atom is 0.150 e. The number of fused-ring (bicyclic) bond motifs is 1. The molecule has 1 aliphatic heterocycles. The number of nitrogen functional groups attached to an aromatic ring is 1. The predicted molar refractivity (Wildman–Crippen MR) is 129 cm³/mol. The quantitative estimate of drug-likeness (QED) is 0.396. The molecule has 4 N–H and O–H groups in total. The molecule has 172 valence electrons. The molecule has 8 nitrogen and oxygen atoms in total. The van der Waals surface area contributed by atoms with Crippen molar-refractivity contribution in [2.45, 2.75) is 19.3 Å². The van der Waals surface area contributed by atoms with E-state index < -0.39 is 0 Å². The number of aromatic hydroxyl groups is 1. The summed E-state index contributed by atoms with van der Waals surface area (Å²) in [5.74, 6) is 2.40. The van der Waals surface area contributed by atoms with E-state index in [4.69, 9.17) is 15.2 Å². The number of rotatable bonds is 7. The van der Waals surface area contributed by atoms with Crippen LogP contribution < -0.4 is 15.2 Å². The number of nitrogens with one attached hydrogen (secondary N) is 1. The fraction of sp³-hybridized carbons (Fsp3) is 0.320. The van der Waals surface area contributed by atoms with E-state index in [1.54, 1.807) is 14.2 Å². The molecular weight excluding hydrogens is 418 g/mol. The van der Waals surface area contributed by atoms with Gasteiger partial charge in [-0.3, -0.25) is 4.57 Å². The summed E-state index contributed by atoms with van der Waals surface area (Å²) < 4.78 is 12.8. The summed E-state index contributed by atoms with van der Waals surface area (Å²) in [6.07, 6.45) is 3.08. The molecule has 0 unspecified atom stereocenters. The number of benzene rings is 2. The Morgan fingerprint density at radius 3 is 2.42 bits per heavy atom. The number of anilines is 1. The van der Waals surface area contributed by atoms with Gasteiger partial charge in [0.15, 0.2) is 0 Å². The van der Waals surface area contributed by atoms with Crippen LogP contribution in [0.25, 0.3) is 28.1 Å². The van der Waals surface area contributed by atoms with Crippen molar-refractivity contribution in [3.63, 3.8) is 0 Å². The fourth-order valence-electron chi connectivity index (χ4n) is 4.65. The Morgan fingerprint density at radius 1 is 1.06 bits per heavy atom. The van der Waals surface area contributed by atoms with E-state index in [-0.39, 0.29) is 5.75 Å². The lowest BCUT2D eigenvalue weighted by Gasteiger charge is -2.17. The topological polar surface area (TPSA) is 102 Å². The van der Waals surface area contributed by atoms with Gasteiger partial charge in [0.2, 0.25) is 0 Å². The number of hydrogen-bond donors (Lipinski definition) is 3. The van der Waals surface area contributed by atoms with Crippen LogP contribution in [0.15, 0.2) is 42.5 Å². The number of likely N-dealkylation sites (tertiary alicyclic amines) is 1. The molecule has 0 amide bonds. The number of nitrogens with two attached hydrogens (primary N) is 1.